The molecule has 0 radical (unpaired) electrons. The van der Waals surface area contributed by atoms with E-state index in [0.717, 1.165) is 11.5 Å². The Kier molecular flexibility index (Phi) is 4.29. The number of benzene rings is 1. The third-order valence-corrected chi connectivity index (χ3v) is 4.21. The van der Waals surface area contributed by atoms with Gasteiger partial charge in [0.05, 0.1) is 32.3 Å². The molecule has 0 aromatic heterocycles. The molecule has 4 heteroatoms. The molecule has 1 unspecified atom stereocenters. The van der Waals surface area contributed by atoms with Crippen molar-refractivity contribution in [3.8, 4) is 11.8 Å². The van der Waals surface area contributed by atoms with Crippen LogP contribution in [0.15, 0.2) is 24.3 Å². The molecule has 1 fully saturated rings. The van der Waals surface area contributed by atoms with E-state index < -0.39 is 0 Å². The Bertz CT molecular complexity index is 399. The van der Waals surface area contributed by atoms with Crippen LogP contribution < -0.4 is 4.74 Å². The summed E-state index contributed by atoms with van der Waals surface area (Å²) in [6, 6.07) is 10.3. The fourth-order valence-electron chi connectivity index (χ4n) is 1.74. The van der Waals surface area contributed by atoms with Crippen molar-refractivity contribution in [3.05, 3.63) is 29.8 Å². The number of methoxy groups -OCH3 is 1. The van der Waals surface area contributed by atoms with Gasteiger partial charge in [-0.1, -0.05) is 12.1 Å². The maximum absolute atomic E-state index is 8.94. The maximum Gasteiger partial charge on any atom is 0.118 e. The Morgan fingerprint density at radius 2 is 2.18 bits per heavy atom. The lowest BCUT2D eigenvalue weighted by Crippen LogP contribution is -2.12. The van der Waals surface area contributed by atoms with Crippen LogP contribution in [0.1, 0.15) is 5.56 Å². The van der Waals surface area contributed by atoms with Crippen molar-refractivity contribution in [2.24, 2.45) is 5.92 Å². The second kappa shape index (κ2) is 5.95. The molecular weight excluding hydrogens is 234 g/mol. The summed E-state index contributed by atoms with van der Waals surface area (Å²) in [5, 5.41) is 9.25. The molecule has 0 aliphatic carbocycles. The van der Waals surface area contributed by atoms with Crippen LogP contribution in [0.4, 0.5) is 0 Å². The molecule has 0 saturated carbocycles. The quantitative estimate of drug-likeness (QED) is 0.822. The van der Waals surface area contributed by atoms with Gasteiger partial charge >= 0.3 is 0 Å². The van der Waals surface area contributed by atoms with Gasteiger partial charge in [-0.15, -0.1) is 11.8 Å². The minimum absolute atomic E-state index is 0.0400. The number of ether oxygens (including phenoxy) is 2. The van der Waals surface area contributed by atoms with E-state index in [1.54, 1.807) is 18.9 Å². The van der Waals surface area contributed by atoms with E-state index in [0.29, 0.717) is 18.5 Å². The summed E-state index contributed by atoms with van der Waals surface area (Å²) >= 11 is 1.79. The monoisotopic (exact) mass is 249 g/mol. The number of nitrogens with zero attached hydrogens (tertiary/aromatic N) is 1. The predicted molar refractivity (Wildman–Crippen MR) is 68.0 cm³/mol. The van der Waals surface area contributed by atoms with E-state index in [9.17, 15) is 0 Å². The second-order valence-electron chi connectivity index (χ2n) is 3.97. The van der Waals surface area contributed by atoms with Crippen LogP contribution in [-0.2, 0) is 10.5 Å². The highest BCUT2D eigenvalue weighted by atomic mass is 32.2. The summed E-state index contributed by atoms with van der Waals surface area (Å²) in [5.41, 5.74) is 1.25. The lowest BCUT2D eigenvalue weighted by atomic mass is 10.1. The summed E-state index contributed by atoms with van der Waals surface area (Å²) in [6.45, 7) is 1.27. The van der Waals surface area contributed by atoms with Gasteiger partial charge < -0.3 is 9.47 Å². The molecule has 17 heavy (non-hydrogen) atoms. The van der Waals surface area contributed by atoms with Gasteiger partial charge in [0.15, 0.2) is 0 Å². The van der Waals surface area contributed by atoms with Gasteiger partial charge in [-0.3, -0.25) is 0 Å². The van der Waals surface area contributed by atoms with E-state index in [1.807, 2.05) is 12.1 Å². The van der Waals surface area contributed by atoms with Gasteiger partial charge in [-0.05, 0) is 17.7 Å². The first kappa shape index (κ1) is 12.3. The molecule has 1 saturated heterocycles. The highest BCUT2D eigenvalue weighted by molar-refractivity contribution is 7.99. The summed E-state index contributed by atoms with van der Waals surface area (Å²) in [7, 11) is 1.66. The number of hydrogen-bond donors (Lipinski definition) is 0. The zero-order valence-corrected chi connectivity index (χ0v) is 10.6. The molecule has 2 rings (SSSR count). The Balaban J connectivity index is 1.87. The lowest BCUT2D eigenvalue weighted by Gasteiger charge is -2.10. The molecule has 0 N–H and O–H groups in total. The Hall–Kier alpha value is -1.18. The standard InChI is InChI=1S/C13H15NO2S/c1-15-12-4-2-10(3-5-12)9-17-13-8-16-7-11(13)6-14/h2-5,11,13H,7-9H2,1H3/t11-,13?/m1/s1. The molecule has 0 bridgehead atoms. The molecule has 90 valence electrons. The molecule has 3 nitrogen and oxygen atoms in total. The predicted octanol–water partition coefficient (Wildman–Crippen LogP) is 2.47. The average molecular weight is 249 g/mol. The third-order valence-electron chi connectivity index (χ3n) is 2.82. The third kappa shape index (κ3) is 3.15. The topological polar surface area (TPSA) is 42.2 Å². The van der Waals surface area contributed by atoms with Crippen molar-refractivity contribution in [1.82, 2.24) is 0 Å². The van der Waals surface area contributed by atoms with Gasteiger partial charge in [0.1, 0.15) is 5.75 Å². The van der Waals surface area contributed by atoms with Crippen LogP contribution in [0.3, 0.4) is 0 Å². The van der Waals surface area contributed by atoms with Crippen molar-refractivity contribution < 1.29 is 9.47 Å². The first-order valence-corrected chi connectivity index (χ1v) is 6.60. The molecule has 2 atom stereocenters. The molecule has 1 aliphatic heterocycles. The van der Waals surface area contributed by atoms with E-state index in [4.69, 9.17) is 14.7 Å². The Morgan fingerprint density at radius 1 is 1.41 bits per heavy atom. The number of thioether (sulfide) groups is 1. The number of nitriles is 1. The minimum atomic E-state index is 0.0400. The number of hydrogen-bond acceptors (Lipinski definition) is 4. The molecule has 0 amide bonds. The van der Waals surface area contributed by atoms with Gasteiger partial charge in [-0.2, -0.15) is 5.26 Å². The van der Waals surface area contributed by atoms with E-state index in [-0.39, 0.29) is 5.92 Å². The fourth-order valence-corrected chi connectivity index (χ4v) is 2.91. The van der Waals surface area contributed by atoms with Crippen molar-refractivity contribution in [2.75, 3.05) is 20.3 Å². The van der Waals surface area contributed by atoms with Gasteiger partial charge in [-0.25, -0.2) is 0 Å². The first-order chi connectivity index (χ1) is 8.33. The minimum Gasteiger partial charge on any atom is -0.497 e. The average Bonchev–Trinajstić information content (AvgIpc) is 2.84. The molecule has 1 aliphatic rings. The summed E-state index contributed by atoms with van der Waals surface area (Å²) in [5.74, 6) is 1.83. The molecule has 1 aromatic rings. The second-order valence-corrected chi connectivity index (χ2v) is 5.20. The molecule has 0 spiro atoms. The van der Waals surface area contributed by atoms with Gasteiger partial charge in [0.2, 0.25) is 0 Å². The highest BCUT2D eigenvalue weighted by Crippen LogP contribution is 2.28. The largest absolute Gasteiger partial charge is 0.497 e. The zero-order chi connectivity index (χ0) is 12.1. The van der Waals surface area contributed by atoms with Crippen LogP contribution in [0.25, 0.3) is 0 Å². The highest BCUT2D eigenvalue weighted by Gasteiger charge is 2.28. The molecule has 1 aromatic carbocycles. The van der Waals surface area contributed by atoms with Crippen molar-refractivity contribution in [3.63, 3.8) is 0 Å². The summed E-state index contributed by atoms with van der Waals surface area (Å²) in [6.07, 6.45) is 0. The van der Waals surface area contributed by atoms with Crippen LogP contribution in [0.5, 0.6) is 5.75 Å². The zero-order valence-electron chi connectivity index (χ0n) is 9.76. The van der Waals surface area contributed by atoms with Crippen LogP contribution in [0, 0.1) is 17.2 Å². The van der Waals surface area contributed by atoms with Crippen molar-refractivity contribution >= 4 is 11.8 Å². The van der Waals surface area contributed by atoms with Crippen molar-refractivity contribution in [2.45, 2.75) is 11.0 Å². The lowest BCUT2D eigenvalue weighted by molar-refractivity contribution is 0.192. The van der Waals surface area contributed by atoms with Gasteiger partial charge in [0.25, 0.3) is 0 Å². The van der Waals surface area contributed by atoms with E-state index in [2.05, 4.69) is 18.2 Å². The summed E-state index contributed by atoms with van der Waals surface area (Å²) < 4.78 is 10.4. The first-order valence-electron chi connectivity index (χ1n) is 5.55. The Morgan fingerprint density at radius 3 is 2.82 bits per heavy atom. The SMILES string of the molecule is COc1ccc(CSC2COC[C@H]2C#N)cc1. The normalized spacial score (nSPS) is 23.3. The van der Waals surface area contributed by atoms with E-state index >= 15 is 0 Å². The maximum atomic E-state index is 8.94. The Labute approximate surface area is 106 Å². The van der Waals surface area contributed by atoms with Crippen LogP contribution >= 0.6 is 11.8 Å². The summed E-state index contributed by atoms with van der Waals surface area (Å²) in [4.78, 5) is 0. The van der Waals surface area contributed by atoms with Crippen molar-refractivity contribution in [1.29, 1.82) is 5.26 Å². The van der Waals surface area contributed by atoms with E-state index in [1.165, 1.54) is 5.56 Å². The molecular formula is C13H15NO2S. The fraction of sp³-hybridized carbons (Fsp3) is 0.462. The van der Waals surface area contributed by atoms with Crippen LogP contribution in [0.2, 0.25) is 0 Å². The van der Waals surface area contributed by atoms with Crippen LogP contribution in [-0.4, -0.2) is 25.6 Å². The smallest absolute Gasteiger partial charge is 0.118 e. The number of rotatable bonds is 4. The van der Waals surface area contributed by atoms with Gasteiger partial charge in [0, 0.05) is 11.0 Å². The molecule has 1 heterocycles.